The highest BCUT2D eigenvalue weighted by atomic mass is 16.4. The number of carbonyl (C=O) groups is 2. The van der Waals surface area contributed by atoms with Crippen molar-refractivity contribution in [2.75, 3.05) is 0 Å². The zero-order chi connectivity index (χ0) is 13.0. The molecule has 1 unspecified atom stereocenters. The van der Waals surface area contributed by atoms with E-state index in [4.69, 9.17) is 5.11 Å². The second-order valence-electron chi connectivity index (χ2n) is 4.14. The molecular weight excluding hydrogens is 222 g/mol. The maximum Gasteiger partial charge on any atom is 0.326 e. The van der Waals surface area contributed by atoms with E-state index in [0.717, 1.165) is 5.69 Å². The first-order valence-corrected chi connectivity index (χ1v) is 5.54. The zero-order valence-corrected chi connectivity index (χ0v) is 10.2. The van der Waals surface area contributed by atoms with Crippen molar-refractivity contribution in [3.05, 3.63) is 17.5 Å². The largest absolute Gasteiger partial charge is 0.480 e. The molecule has 0 saturated carbocycles. The number of carboxylic acid groups (broad SMARTS) is 1. The number of H-pyrrole nitrogens is 1. The number of aromatic amines is 1. The number of hydrogen-bond donors (Lipinski definition) is 3. The molecule has 17 heavy (non-hydrogen) atoms. The highest BCUT2D eigenvalue weighted by Gasteiger charge is 2.20. The molecule has 1 amide bonds. The fourth-order valence-electron chi connectivity index (χ4n) is 1.32. The molecule has 0 bridgehead atoms. The van der Waals surface area contributed by atoms with Crippen molar-refractivity contribution in [3.8, 4) is 0 Å². The minimum atomic E-state index is -1.04. The first-order chi connectivity index (χ1) is 7.95. The highest BCUT2D eigenvalue weighted by Crippen LogP contribution is 2.11. The molecule has 0 aliphatic heterocycles. The minimum Gasteiger partial charge on any atom is -0.480 e. The zero-order valence-electron chi connectivity index (χ0n) is 10.2. The summed E-state index contributed by atoms with van der Waals surface area (Å²) in [6.45, 7) is 5.64. The predicted octanol–water partition coefficient (Wildman–Crippen LogP) is 1.13. The molecule has 1 aromatic rings. The van der Waals surface area contributed by atoms with Gasteiger partial charge < -0.3 is 10.4 Å². The van der Waals surface area contributed by atoms with E-state index in [1.54, 1.807) is 13.0 Å². The Morgan fingerprint density at radius 1 is 1.53 bits per heavy atom. The third-order valence-electron chi connectivity index (χ3n) is 2.46. The van der Waals surface area contributed by atoms with Crippen LogP contribution < -0.4 is 5.32 Å². The van der Waals surface area contributed by atoms with Crippen LogP contribution in [0.3, 0.4) is 0 Å². The lowest BCUT2D eigenvalue weighted by molar-refractivity contribution is -0.139. The van der Waals surface area contributed by atoms with Gasteiger partial charge in [0.15, 0.2) is 0 Å². The van der Waals surface area contributed by atoms with E-state index in [1.807, 2.05) is 13.8 Å². The molecule has 0 spiro atoms. The van der Waals surface area contributed by atoms with Crippen molar-refractivity contribution in [3.63, 3.8) is 0 Å². The number of carboxylic acids is 1. The van der Waals surface area contributed by atoms with Gasteiger partial charge in [0.2, 0.25) is 0 Å². The first-order valence-electron chi connectivity index (χ1n) is 5.54. The summed E-state index contributed by atoms with van der Waals surface area (Å²) in [7, 11) is 0. The van der Waals surface area contributed by atoms with E-state index in [2.05, 4.69) is 15.5 Å². The van der Waals surface area contributed by atoms with Crippen molar-refractivity contribution in [1.29, 1.82) is 0 Å². The summed E-state index contributed by atoms with van der Waals surface area (Å²) >= 11 is 0. The minimum absolute atomic E-state index is 0.216. The van der Waals surface area contributed by atoms with Gasteiger partial charge in [-0.1, -0.05) is 20.8 Å². The van der Waals surface area contributed by atoms with Crippen LogP contribution >= 0.6 is 0 Å². The van der Waals surface area contributed by atoms with Gasteiger partial charge in [-0.2, -0.15) is 5.10 Å². The molecule has 0 saturated heterocycles. The number of nitrogens with zero attached hydrogens (tertiary/aromatic N) is 1. The summed E-state index contributed by atoms with van der Waals surface area (Å²) in [5.74, 6) is -1.27. The van der Waals surface area contributed by atoms with Crippen molar-refractivity contribution in [2.45, 2.75) is 39.2 Å². The number of rotatable bonds is 5. The van der Waals surface area contributed by atoms with Crippen molar-refractivity contribution in [1.82, 2.24) is 15.5 Å². The Hall–Kier alpha value is -1.85. The molecule has 6 nitrogen and oxygen atoms in total. The molecule has 0 aliphatic rings. The van der Waals surface area contributed by atoms with Gasteiger partial charge >= 0.3 is 5.97 Å². The number of aromatic nitrogens is 2. The quantitative estimate of drug-likeness (QED) is 0.717. The Morgan fingerprint density at radius 3 is 2.59 bits per heavy atom. The Morgan fingerprint density at radius 2 is 2.18 bits per heavy atom. The van der Waals surface area contributed by atoms with Crippen LogP contribution in [0.2, 0.25) is 0 Å². The number of aliphatic carboxylic acids is 1. The van der Waals surface area contributed by atoms with Gasteiger partial charge in [0.1, 0.15) is 11.7 Å². The van der Waals surface area contributed by atoms with Crippen LogP contribution in [-0.2, 0) is 4.79 Å². The number of nitrogens with one attached hydrogen (secondary N) is 2. The normalized spacial score (nSPS) is 12.5. The summed E-state index contributed by atoms with van der Waals surface area (Å²) in [5, 5.41) is 17.8. The average Bonchev–Trinajstić information content (AvgIpc) is 2.74. The molecule has 3 N–H and O–H groups in total. The van der Waals surface area contributed by atoms with Crippen LogP contribution in [0.5, 0.6) is 0 Å². The molecule has 0 aromatic carbocycles. The Balaban J connectivity index is 2.72. The molecule has 94 valence electrons. The van der Waals surface area contributed by atoms with Crippen molar-refractivity contribution in [2.24, 2.45) is 0 Å². The number of hydrogen-bond acceptors (Lipinski definition) is 3. The van der Waals surface area contributed by atoms with Crippen molar-refractivity contribution >= 4 is 11.9 Å². The molecule has 0 radical (unpaired) electrons. The van der Waals surface area contributed by atoms with Gasteiger partial charge in [-0.15, -0.1) is 0 Å². The summed E-state index contributed by atoms with van der Waals surface area (Å²) in [6.07, 6.45) is 0.336. The van der Waals surface area contributed by atoms with Crippen LogP contribution in [0.1, 0.15) is 49.3 Å². The fraction of sp³-hybridized carbons (Fsp3) is 0.545. The molecular formula is C11H17N3O3. The van der Waals surface area contributed by atoms with Gasteiger partial charge in [-0.3, -0.25) is 9.89 Å². The van der Waals surface area contributed by atoms with E-state index < -0.39 is 17.9 Å². The van der Waals surface area contributed by atoms with E-state index >= 15 is 0 Å². The lowest BCUT2D eigenvalue weighted by Crippen LogP contribution is -2.40. The van der Waals surface area contributed by atoms with Gasteiger partial charge in [0, 0.05) is 5.69 Å². The van der Waals surface area contributed by atoms with Crippen molar-refractivity contribution < 1.29 is 14.7 Å². The van der Waals surface area contributed by atoms with E-state index in [1.165, 1.54) is 0 Å². The lowest BCUT2D eigenvalue weighted by atomic mass is 10.1. The third-order valence-corrected chi connectivity index (χ3v) is 2.46. The number of carbonyl (C=O) groups excluding carboxylic acids is 1. The molecule has 1 rings (SSSR count). The standard InChI is InChI=1S/C11H17N3O3/c1-4-7(11(16)17)12-10(15)9-5-8(6(2)3)13-14-9/h5-7H,4H2,1-3H3,(H,12,15)(H,13,14)(H,16,17). The van der Waals surface area contributed by atoms with Crippen LogP contribution in [0, 0.1) is 0 Å². The topological polar surface area (TPSA) is 95.1 Å². The lowest BCUT2D eigenvalue weighted by Gasteiger charge is -2.10. The van der Waals surface area contributed by atoms with Gasteiger partial charge in [-0.05, 0) is 18.4 Å². The number of amides is 1. The Kier molecular flexibility index (Phi) is 4.25. The smallest absolute Gasteiger partial charge is 0.326 e. The molecule has 6 heteroatoms. The highest BCUT2D eigenvalue weighted by molar-refractivity contribution is 5.95. The van der Waals surface area contributed by atoms with Gasteiger partial charge in [0.25, 0.3) is 5.91 Å². The van der Waals surface area contributed by atoms with E-state index in [-0.39, 0.29) is 11.6 Å². The maximum absolute atomic E-state index is 11.7. The summed E-state index contributed by atoms with van der Waals surface area (Å²) in [6, 6.07) is 0.760. The maximum atomic E-state index is 11.7. The average molecular weight is 239 g/mol. The Labute approximate surface area is 99.4 Å². The van der Waals surface area contributed by atoms with Crippen LogP contribution in [-0.4, -0.2) is 33.2 Å². The van der Waals surface area contributed by atoms with Crippen LogP contribution in [0.15, 0.2) is 6.07 Å². The molecule has 0 aliphatic carbocycles. The fourth-order valence-corrected chi connectivity index (χ4v) is 1.32. The molecule has 1 atom stereocenters. The summed E-state index contributed by atoms with van der Waals surface area (Å²) in [5.41, 5.74) is 1.06. The van der Waals surface area contributed by atoms with Crippen LogP contribution in [0.25, 0.3) is 0 Å². The first kappa shape index (κ1) is 13.2. The van der Waals surface area contributed by atoms with E-state index in [9.17, 15) is 9.59 Å². The van der Waals surface area contributed by atoms with Gasteiger partial charge in [-0.25, -0.2) is 4.79 Å². The van der Waals surface area contributed by atoms with Gasteiger partial charge in [0.05, 0.1) is 0 Å². The van der Waals surface area contributed by atoms with Crippen LogP contribution in [0.4, 0.5) is 0 Å². The molecule has 0 fully saturated rings. The molecule has 1 heterocycles. The Bertz CT molecular complexity index is 412. The summed E-state index contributed by atoms with van der Waals surface area (Å²) in [4.78, 5) is 22.5. The second-order valence-corrected chi connectivity index (χ2v) is 4.14. The van der Waals surface area contributed by atoms with E-state index in [0.29, 0.717) is 6.42 Å². The SMILES string of the molecule is CCC(NC(=O)c1cc(C(C)C)[nH]n1)C(=O)O. The monoisotopic (exact) mass is 239 g/mol. The second kappa shape index (κ2) is 5.47. The summed E-state index contributed by atoms with van der Waals surface area (Å²) < 4.78 is 0. The molecule has 1 aromatic heterocycles. The third kappa shape index (κ3) is 3.30. The predicted molar refractivity (Wildman–Crippen MR) is 61.9 cm³/mol.